The minimum Gasteiger partial charge on any atom is -0.472 e. The van der Waals surface area contributed by atoms with E-state index in [2.05, 4.69) is 32.6 Å². The molecular formula is C14H12F3IN2O. The smallest absolute Gasteiger partial charge is 0.416 e. The van der Waals surface area contributed by atoms with Crippen LogP contribution in [0.2, 0.25) is 0 Å². The summed E-state index contributed by atoms with van der Waals surface area (Å²) in [4.78, 5) is 8.39. The van der Waals surface area contributed by atoms with Gasteiger partial charge < -0.3 is 4.74 Å². The van der Waals surface area contributed by atoms with Gasteiger partial charge in [-0.1, -0.05) is 12.1 Å². The maximum Gasteiger partial charge on any atom is 0.416 e. The van der Waals surface area contributed by atoms with Crippen LogP contribution >= 0.6 is 22.6 Å². The number of nitrogens with zero attached hydrogens (tertiary/aromatic N) is 2. The predicted octanol–water partition coefficient (Wildman–Crippen LogP) is 4.30. The van der Waals surface area contributed by atoms with Gasteiger partial charge >= 0.3 is 6.18 Å². The number of halogens is 4. The number of hydrogen-bond donors (Lipinski definition) is 0. The lowest BCUT2D eigenvalue weighted by Gasteiger charge is -2.10. The van der Waals surface area contributed by atoms with E-state index in [1.54, 1.807) is 6.92 Å². The minimum atomic E-state index is -4.32. The van der Waals surface area contributed by atoms with E-state index in [1.165, 1.54) is 12.1 Å². The van der Waals surface area contributed by atoms with Crippen molar-refractivity contribution in [3.05, 3.63) is 50.5 Å². The van der Waals surface area contributed by atoms with E-state index in [0.29, 0.717) is 17.3 Å². The van der Waals surface area contributed by atoms with Crippen molar-refractivity contribution in [1.82, 2.24) is 9.97 Å². The zero-order chi connectivity index (χ0) is 15.6. The van der Waals surface area contributed by atoms with E-state index < -0.39 is 11.7 Å². The molecule has 0 aliphatic rings. The van der Waals surface area contributed by atoms with Crippen LogP contribution in [0.5, 0.6) is 5.88 Å². The van der Waals surface area contributed by atoms with Crippen molar-refractivity contribution in [2.75, 3.05) is 0 Å². The molecule has 1 heterocycles. The van der Waals surface area contributed by atoms with Gasteiger partial charge in [0, 0.05) is 0 Å². The van der Waals surface area contributed by atoms with Crippen LogP contribution in [0.4, 0.5) is 13.2 Å². The molecule has 0 atom stereocenters. The molecule has 0 saturated heterocycles. The third kappa shape index (κ3) is 4.05. The maximum absolute atomic E-state index is 12.5. The largest absolute Gasteiger partial charge is 0.472 e. The lowest BCUT2D eigenvalue weighted by molar-refractivity contribution is -0.137. The number of benzene rings is 1. The lowest BCUT2D eigenvalue weighted by Crippen LogP contribution is -2.06. The van der Waals surface area contributed by atoms with Gasteiger partial charge in [-0.25, -0.2) is 4.98 Å². The van der Waals surface area contributed by atoms with Crippen molar-refractivity contribution in [3.8, 4) is 5.88 Å². The SMILES string of the molecule is Cc1nc(C)c(I)c(OCc2ccc(C(F)(F)F)cc2)n1. The van der Waals surface area contributed by atoms with Gasteiger partial charge in [0.1, 0.15) is 12.4 Å². The van der Waals surface area contributed by atoms with E-state index in [1.807, 2.05) is 6.92 Å². The number of alkyl halides is 3. The molecule has 0 radical (unpaired) electrons. The fraction of sp³-hybridized carbons (Fsp3) is 0.286. The first-order valence-corrected chi connectivity index (χ1v) is 7.15. The first-order chi connectivity index (χ1) is 9.77. The molecule has 0 unspecified atom stereocenters. The summed E-state index contributed by atoms with van der Waals surface area (Å²) in [5.74, 6) is 1.04. The van der Waals surface area contributed by atoms with Crippen molar-refractivity contribution in [2.45, 2.75) is 26.6 Å². The zero-order valence-electron chi connectivity index (χ0n) is 11.3. The molecule has 1 aromatic heterocycles. The van der Waals surface area contributed by atoms with Crippen LogP contribution in [-0.2, 0) is 12.8 Å². The molecule has 0 aliphatic heterocycles. The Morgan fingerprint density at radius 1 is 1.10 bits per heavy atom. The van der Waals surface area contributed by atoms with Gasteiger partial charge in [-0.3, -0.25) is 0 Å². The standard InChI is InChI=1S/C14H12F3IN2O/c1-8-12(18)13(20-9(2)19-8)21-7-10-3-5-11(6-4-10)14(15,16)17/h3-6H,7H2,1-2H3. The number of aromatic nitrogens is 2. The average molecular weight is 408 g/mol. The van der Waals surface area contributed by atoms with Crippen LogP contribution < -0.4 is 4.74 Å². The molecule has 2 rings (SSSR count). The molecule has 21 heavy (non-hydrogen) atoms. The Morgan fingerprint density at radius 3 is 2.29 bits per heavy atom. The monoisotopic (exact) mass is 408 g/mol. The normalized spacial score (nSPS) is 11.5. The van der Waals surface area contributed by atoms with E-state index in [4.69, 9.17) is 4.74 Å². The molecule has 0 fully saturated rings. The molecule has 3 nitrogen and oxygen atoms in total. The number of rotatable bonds is 3. The Labute approximate surface area is 133 Å². The van der Waals surface area contributed by atoms with Crippen LogP contribution in [0.25, 0.3) is 0 Å². The second-order valence-electron chi connectivity index (χ2n) is 4.46. The predicted molar refractivity (Wildman–Crippen MR) is 80.0 cm³/mol. The molecule has 112 valence electrons. The second-order valence-corrected chi connectivity index (χ2v) is 5.54. The Morgan fingerprint density at radius 2 is 1.71 bits per heavy atom. The highest BCUT2D eigenvalue weighted by atomic mass is 127. The van der Waals surface area contributed by atoms with Gasteiger partial charge in [-0.05, 0) is 54.1 Å². The van der Waals surface area contributed by atoms with Crippen molar-refractivity contribution in [2.24, 2.45) is 0 Å². The maximum atomic E-state index is 12.5. The summed E-state index contributed by atoms with van der Waals surface area (Å²) < 4.78 is 43.8. The van der Waals surface area contributed by atoms with Gasteiger partial charge in [-0.2, -0.15) is 18.2 Å². The van der Waals surface area contributed by atoms with Crippen LogP contribution in [0.3, 0.4) is 0 Å². The Hall–Kier alpha value is -1.38. The first-order valence-electron chi connectivity index (χ1n) is 6.07. The second kappa shape index (κ2) is 6.17. The molecule has 0 amide bonds. The van der Waals surface area contributed by atoms with Gasteiger partial charge in [0.15, 0.2) is 0 Å². The fourth-order valence-corrected chi connectivity index (χ4v) is 2.10. The lowest BCUT2D eigenvalue weighted by atomic mass is 10.1. The molecule has 2 aromatic rings. The van der Waals surface area contributed by atoms with E-state index in [0.717, 1.165) is 21.4 Å². The summed E-state index contributed by atoms with van der Waals surface area (Å²) in [6.45, 7) is 3.76. The summed E-state index contributed by atoms with van der Waals surface area (Å²) in [7, 11) is 0. The summed E-state index contributed by atoms with van der Waals surface area (Å²) in [5, 5.41) is 0. The third-order valence-electron chi connectivity index (χ3n) is 2.76. The number of hydrogen-bond acceptors (Lipinski definition) is 3. The summed E-state index contributed by atoms with van der Waals surface area (Å²) in [5.41, 5.74) is 0.785. The molecule has 7 heteroatoms. The third-order valence-corrected chi connectivity index (χ3v) is 4.00. The molecule has 1 aromatic carbocycles. The summed E-state index contributed by atoms with van der Waals surface area (Å²) >= 11 is 2.08. The van der Waals surface area contributed by atoms with E-state index in [9.17, 15) is 13.2 Å². The van der Waals surface area contributed by atoms with E-state index >= 15 is 0 Å². The number of aryl methyl sites for hydroxylation is 2. The average Bonchev–Trinajstić information content (AvgIpc) is 2.40. The molecule has 0 spiro atoms. The Bertz CT molecular complexity index is 642. The molecule has 0 saturated carbocycles. The molecule has 0 bridgehead atoms. The van der Waals surface area contributed by atoms with Crippen molar-refractivity contribution >= 4 is 22.6 Å². The minimum absolute atomic E-state index is 0.157. The summed E-state index contributed by atoms with van der Waals surface area (Å²) in [6.07, 6.45) is -4.32. The molecule has 0 aliphatic carbocycles. The highest BCUT2D eigenvalue weighted by Crippen LogP contribution is 2.29. The molecular weight excluding hydrogens is 396 g/mol. The van der Waals surface area contributed by atoms with Crippen LogP contribution in [0, 0.1) is 17.4 Å². The van der Waals surface area contributed by atoms with Crippen molar-refractivity contribution < 1.29 is 17.9 Å². The zero-order valence-corrected chi connectivity index (χ0v) is 13.5. The van der Waals surface area contributed by atoms with Crippen LogP contribution in [0.1, 0.15) is 22.6 Å². The van der Waals surface area contributed by atoms with E-state index in [-0.39, 0.29) is 6.61 Å². The van der Waals surface area contributed by atoms with Gasteiger partial charge in [0.25, 0.3) is 0 Å². The topological polar surface area (TPSA) is 35.0 Å². The highest BCUT2D eigenvalue weighted by Gasteiger charge is 2.29. The Kier molecular flexibility index (Phi) is 4.70. The van der Waals surface area contributed by atoms with Gasteiger partial charge in [-0.15, -0.1) is 0 Å². The fourth-order valence-electron chi connectivity index (χ4n) is 1.70. The quantitative estimate of drug-likeness (QED) is 0.711. The van der Waals surface area contributed by atoms with Crippen LogP contribution in [0.15, 0.2) is 24.3 Å². The van der Waals surface area contributed by atoms with Crippen LogP contribution in [-0.4, -0.2) is 9.97 Å². The summed E-state index contributed by atoms with van der Waals surface area (Å²) in [6, 6.07) is 4.88. The van der Waals surface area contributed by atoms with Gasteiger partial charge in [0.05, 0.1) is 14.8 Å². The molecule has 0 N–H and O–H groups in total. The Balaban J connectivity index is 2.10. The van der Waals surface area contributed by atoms with Crippen molar-refractivity contribution in [3.63, 3.8) is 0 Å². The van der Waals surface area contributed by atoms with Crippen molar-refractivity contribution in [1.29, 1.82) is 0 Å². The number of ether oxygens (including phenoxy) is 1. The highest BCUT2D eigenvalue weighted by molar-refractivity contribution is 14.1. The first kappa shape index (κ1) is 16.0. The van der Waals surface area contributed by atoms with Gasteiger partial charge in [0.2, 0.25) is 5.88 Å².